The van der Waals surface area contributed by atoms with E-state index >= 15 is 0 Å². The van der Waals surface area contributed by atoms with Crippen molar-refractivity contribution in [1.29, 1.82) is 0 Å². The van der Waals surface area contributed by atoms with Gasteiger partial charge < -0.3 is 4.90 Å². The molecule has 2 fully saturated rings. The van der Waals surface area contributed by atoms with E-state index in [1.165, 1.54) is 32.4 Å². The fraction of sp³-hybridized carbons (Fsp3) is 0.357. The molecule has 0 amide bonds. The average molecular weight is 457 g/mol. The number of nitrogens with zero attached hydrogens (tertiary/aromatic N) is 4. The van der Waals surface area contributed by atoms with Crippen LogP contribution in [0, 0.1) is 17.8 Å². The van der Waals surface area contributed by atoms with Crippen molar-refractivity contribution in [2.24, 2.45) is 5.92 Å². The van der Waals surface area contributed by atoms with Gasteiger partial charge in [0.25, 0.3) is 0 Å². The van der Waals surface area contributed by atoms with Gasteiger partial charge in [-0.25, -0.2) is 9.97 Å². The van der Waals surface area contributed by atoms with Crippen LogP contribution < -0.4 is 4.90 Å². The van der Waals surface area contributed by atoms with Crippen molar-refractivity contribution in [3.8, 4) is 23.0 Å². The van der Waals surface area contributed by atoms with Crippen LogP contribution in [0.15, 0.2) is 60.9 Å². The van der Waals surface area contributed by atoms with Gasteiger partial charge in [0.1, 0.15) is 11.5 Å². The van der Waals surface area contributed by atoms with E-state index in [1.54, 1.807) is 0 Å². The number of hydrogen-bond donors (Lipinski definition) is 0. The largest absolute Gasteiger partial charge is 0.355 e. The number of anilines is 1. The van der Waals surface area contributed by atoms with Crippen LogP contribution in [0.5, 0.6) is 0 Å². The lowest BCUT2D eigenvalue weighted by Crippen LogP contribution is -2.42. The maximum Gasteiger partial charge on any atom is 0.128 e. The van der Waals surface area contributed by atoms with Gasteiger partial charge >= 0.3 is 0 Å². The van der Waals surface area contributed by atoms with E-state index in [0.717, 1.165) is 52.2 Å². The predicted octanol–water partition coefficient (Wildman–Crippen LogP) is 5.51. The molecule has 2 aliphatic heterocycles. The zero-order valence-electron chi connectivity index (χ0n) is 19.0. The number of piperidine rings is 1. The molecule has 33 heavy (non-hydrogen) atoms. The molecule has 1 aromatic carbocycles. The van der Waals surface area contributed by atoms with Crippen LogP contribution in [0.2, 0.25) is 5.02 Å². The van der Waals surface area contributed by atoms with E-state index in [9.17, 15) is 0 Å². The van der Waals surface area contributed by atoms with Crippen LogP contribution in [0.3, 0.4) is 0 Å². The highest BCUT2D eigenvalue weighted by Crippen LogP contribution is 2.25. The van der Waals surface area contributed by atoms with Crippen LogP contribution in [-0.4, -0.2) is 47.1 Å². The summed E-state index contributed by atoms with van der Waals surface area (Å²) >= 11 is 5.97. The Morgan fingerprint density at radius 3 is 2.30 bits per heavy atom. The second kappa shape index (κ2) is 9.95. The van der Waals surface area contributed by atoms with E-state index in [2.05, 4.69) is 45.7 Å². The maximum absolute atomic E-state index is 5.97. The Labute approximate surface area is 201 Å². The molecule has 5 heteroatoms. The number of halogens is 1. The summed E-state index contributed by atoms with van der Waals surface area (Å²) in [5.41, 5.74) is 3.79. The van der Waals surface area contributed by atoms with Crippen LogP contribution in [-0.2, 0) is 0 Å². The normalized spacial score (nSPS) is 19.3. The van der Waals surface area contributed by atoms with Crippen LogP contribution >= 0.6 is 11.6 Å². The maximum atomic E-state index is 5.97. The van der Waals surface area contributed by atoms with Gasteiger partial charge in [0.05, 0.1) is 0 Å². The number of aromatic nitrogens is 2. The molecule has 3 aromatic rings. The van der Waals surface area contributed by atoms with E-state index in [1.807, 2.05) is 48.8 Å². The lowest BCUT2D eigenvalue weighted by atomic mass is 9.98. The number of benzene rings is 1. The summed E-state index contributed by atoms with van der Waals surface area (Å²) < 4.78 is 0. The van der Waals surface area contributed by atoms with Crippen molar-refractivity contribution < 1.29 is 0 Å². The van der Waals surface area contributed by atoms with Crippen LogP contribution in [0.1, 0.15) is 37.4 Å². The first-order valence-corrected chi connectivity index (χ1v) is 12.2. The summed E-state index contributed by atoms with van der Waals surface area (Å²) in [6.45, 7) is 7.03. The number of hydrogen-bond acceptors (Lipinski definition) is 4. The van der Waals surface area contributed by atoms with Crippen molar-refractivity contribution in [1.82, 2.24) is 14.9 Å². The number of pyridine rings is 2. The summed E-state index contributed by atoms with van der Waals surface area (Å²) in [5, 5.41) is 0.732. The highest BCUT2D eigenvalue weighted by atomic mass is 35.5. The molecule has 168 valence electrons. The third-order valence-corrected chi connectivity index (χ3v) is 7.10. The Morgan fingerprint density at radius 2 is 1.61 bits per heavy atom. The highest BCUT2D eigenvalue weighted by molar-refractivity contribution is 6.30. The molecule has 0 radical (unpaired) electrons. The Morgan fingerprint density at radius 1 is 0.818 bits per heavy atom. The minimum absolute atomic E-state index is 0.667. The molecule has 0 spiro atoms. The van der Waals surface area contributed by atoms with Crippen LogP contribution in [0.25, 0.3) is 11.1 Å². The standard InChI is InChI=1S/C28H29ClN4/c1-21-12-15-32(16-13-21)27-14-17-33(20-27)28-11-3-22(18-31-28)2-9-26-10-6-24(19-30-26)23-4-7-25(29)8-5-23/h3-8,10-11,18-19,21,27H,12-17,20H2,1H3. The average Bonchev–Trinajstić information content (AvgIpc) is 3.35. The molecule has 0 saturated carbocycles. The second-order valence-electron chi connectivity index (χ2n) is 9.20. The molecule has 0 bridgehead atoms. The van der Waals surface area contributed by atoms with Gasteiger partial charge in [-0.3, -0.25) is 4.90 Å². The van der Waals surface area contributed by atoms with Gasteiger partial charge in [-0.2, -0.15) is 0 Å². The van der Waals surface area contributed by atoms with E-state index in [-0.39, 0.29) is 0 Å². The molecule has 1 unspecified atom stereocenters. The van der Waals surface area contributed by atoms with E-state index in [0.29, 0.717) is 6.04 Å². The van der Waals surface area contributed by atoms with Gasteiger partial charge in [0.15, 0.2) is 0 Å². The molecule has 5 rings (SSSR count). The first kappa shape index (κ1) is 21.9. The monoisotopic (exact) mass is 456 g/mol. The molecule has 1 atom stereocenters. The molecule has 4 heterocycles. The summed E-state index contributed by atoms with van der Waals surface area (Å²) in [6.07, 6.45) is 7.62. The lowest BCUT2D eigenvalue weighted by Gasteiger charge is -2.34. The van der Waals surface area contributed by atoms with Crippen molar-refractivity contribution in [2.45, 2.75) is 32.2 Å². The summed E-state index contributed by atoms with van der Waals surface area (Å²) in [5.74, 6) is 8.27. The zero-order valence-corrected chi connectivity index (χ0v) is 19.8. The smallest absolute Gasteiger partial charge is 0.128 e. The van der Waals surface area contributed by atoms with Gasteiger partial charge in [0, 0.05) is 47.7 Å². The second-order valence-corrected chi connectivity index (χ2v) is 9.64. The fourth-order valence-corrected chi connectivity index (χ4v) is 4.83. The molecule has 2 saturated heterocycles. The zero-order chi connectivity index (χ0) is 22.6. The molecule has 0 aliphatic carbocycles. The minimum Gasteiger partial charge on any atom is -0.355 e. The quantitative estimate of drug-likeness (QED) is 0.486. The molecule has 2 aliphatic rings. The van der Waals surface area contributed by atoms with E-state index in [4.69, 9.17) is 16.6 Å². The van der Waals surface area contributed by atoms with Gasteiger partial charge in [0.2, 0.25) is 0 Å². The Bertz CT molecular complexity index is 1120. The summed E-state index contributed by atoms with van der Waals surface area (Å²) in [6, 6.07) is 16.6. The molecular weight excluding hydrogens is 428 g/mol. The molecule has 4 nitrogen and oxygen atoms in total. The van der Waals surface area contributed by atoms with Gasteiger partial charge in [-0.15, -0.1) is 0 Å². The van der Waals surface area contributed by atoms with Crippen molar-refractivity contribution >= 4 is 17.4 Å². The molecular formula is C28H29ClN4. The predicted molar refractivity (Wildman–Crippen MR) is 135 cm³/mol. The Kier molecular flexibility index (Phi) is 6.62. The highest BCUT2D eigenvalue weighted by Gasteiger charge is 2.30. The van der Waals surface area contributed by atoms with Crippen LogP contribution in [0.4, 0.5) is 5.82 Å². The van der Waals surface area contributed by atoms with Crippen molar-refractivity contribution in [3.63, 3.8) is 0 Å². The first-order chi connectivity index (χ1) is 16.1. The van der Waals surface area contributed by atoms with Crippen molar-refractivity contribution in [2.75, 3.05) is 31.1 Å². The lowest BCUT2D eigenvalue weighted by molar-refractivity contribution is 0.147. The number of rotatable bonds is 3. The number of likely N-dealkylation sites (tertiary alicyclic amines) is 1. The first-order valence-electron chi connectivity index (χ1n) is 11.8. The third kappa shape index (κ3) is 5.38. The van der Waals surface area contributed by atoms with E-state index < -0.39 is 0 Å². The SMILES string of the molecule is CC1CCN(C2CCN(c3ccc(C#Cc4ccc(-c5ccc(Cl)cc5)cn4)cn3)C2)CC1. The molecule has 0 N–H and O–H groups in total. The van der Waals surface area contributed by atoms with Crippen molar-refractivity contribution in [3.05, 3.63) is 77.2 Å². The molecule has 2 aromatic heterocycles. The third-order valence-electron chi connectivity index (χ3n) is 6.85. The van der Waals surface area contributed by atoms with Gasteiger partial charge in [-0.05, 0) is 80.1 Å². The Balaban J connectivity index is 1.19. The van der Waals surface area contributed by atoms with Gasteiger partial charge in [-0.1, -0.05) is 42.6 Å². The summed E-state index contributed by atoms with van der Waals surface area (Å²) in [4.78, 5) is 14.3. The minimum atomic E-state index is 0.667. The topological polar surface area (TPSA) is 32.3 Å². The summed E-state index contributed by atoms with van der Waals surface area (Å²) in [7, 11) is 0. The Hall–Kier alpha value is -2.87. The fourth-order valence-electron chi connectivity index (χ4n) is 4.71.